The molecule has 1 N–H and O–H groups in total. The van der Waals surface area contributed by atoms with Crippen molar-refractivity contribution in [3.05, 3.63) is 88.3 Å². The summed E-state index contributed by atoms with van der Waals surface area (Å²) in [5, 5.41) is 7.55. The van der Waals surface area contributed by atoms with Crippen LogP contribution in [0.2, 0.25) is 0 Å². The van der Waals surface area contributed by atoms with Crippen LogP contribution in [-0.4, -0.2) is 18.0 Å². The van der Waals surface area contributed by atoms with Gasteiger partial charge in [-0.25, -0.2) is 0 Å². The van der Waals surface area contributed by atoms with Crippen molar-refractivity contribution in [1.29, 1.82) is 0 Å². The summed E-state index contributed by atoms with van der Waals surface area (Å²) in [5.41, 5.74) is 5.58. The number of carbonyl (C=O) groups excluding carboxylic acids is 1. The van der Waals surface area contributed by atoms with Crippen molar-refractivity contribution in [3.8, 4) is 5.75 Å². The quantitative estimate of drug-likeness (QED) is 0.690. The Morgan fingerprint density at radius 3 is 2.62 bits per heavy atom. The molecule has 0 spiro atoms. The minimum Gasteiger partial charge on any atom is -0.496 e. The van der Waals surface area contributed by atoms with E-state index < -0.39 is 0 Å². The molecule has 0 saturated heterocycles. The van der Waals surface area contributed by atoms with Crippen LogP contribution in [0.5, 0.6) is 5.75 Å². The summed E-state index contributed by atoms with van der Waals surface area (Å²) in [6, 6.07) is 18.1. The second-order valence-corrected chi connectivity index (χ2v) is 7.64. The number of carbonyl (C=O) groups is 1. The molecule has 5 heteroatoms. The Hall–Kier alpha value is -3.34. The van der Waals surface area contributed by atoms with Gasteiger partial charge in [-0.1, -0.05) is 53.7 Å². The van der Waals surface area contributed by atoms with Crippen LogP contribution < -0.4 is 10.1 Å². The third-order valence-corrected chi connectivity index (χ3v) is 5.98. The molecule has 5 rings (SSSR count). The molecule has 0 saturated carbocycles. The van der Waals surface area contributed by atoms with Gasteiger partial charge in [0.2, 0.25) is 5.88 Å². The number of anilines is 1. The molecule has 146 valence electrons. The molecule has 0 unspecified atom stereocenters. The molecule has 5 nitrogen and oxygen atoms in total. The molecule has 0 fully saturated rings. The predicted molar refractivity (Wildman–Crippen MR) is 110 cm³/mol. The molecular formula is C24H22N2O3. The Bertz CT molecular complexity index is 1110. The lowest BCUT2D eigenvalue weighted by Crippen LogP contribution is -2.29. The van der Waals surface area contributed by atoms with E-state index in [0.717, 1.165) is 40.3 Å². The summed E-state index contributed by atoms with van der Waals surface area (Å²) in [6.45, 7) is 1.91. The highest BCUT2D eigenvalue weighted by Crippen LogP contribution is 2.50. The summed E-state index contributed by atoms with van der Waals surface area (Å²) < 4.78 is 11.2. The molecule has 29 heavy (non-hydrogen) atoms. The van der Waals surface area contributed by atoms with Gasteiger partial charge in [0.05, 0.1) is 24.3 Å². The second kappa shape index (κ2) is 6.92. The van der Waals surface area contributed by atoms with Gasteiger partial charge in [0.15, 0.2) is 5.78 Å². The minimum atomic E-state index is -0.243. The smallest absolute Gasteiger partial charge is 0.233 e. The number of Topliss-reactive ketones (excluding diaryl/α,β-unsaturated/α-hetero) is 1. The maximum atomic E-state index is 13.4. The zero-order chi connectivity index (χ0) is 20.0. The molecular weight excluding hydrogens is 364 g/mol. The van der Waals surface area contributed by atoms with Gasteiger partial charge in [-0.15, -0.1) is 0 Å². The topological polar surface area (TPSA) is 64.4 Å². The first-order chi connectivity index (χ1) is 14.2. The first-order valence-electron chi connectivity index (χ1n) is 9.84. The van der Waals surface area contributed by atoms with E-state index in [1.165, 1.54) is 5.56 Å². The normalized spacial score (nSPS) is 20.7. The average molecular weight is 386 g/mol. The Morgan fingerprint density at radius 2 is 1.83 bits per heavy atom. The van der Waals surface area contributed by atoms with Crippen LogP contribution in [0.25, 0.3) is 0 Å². The largest absolute Gasteiger partial charge is 0.496 e. The molecule has 1 aliphatic heterocycles. The Balaban J connectivity index is 1.66. The van der Waals surface area contributed by atoms with Crippen LogP contribution >= 0.6 is 0 Å². The first-order valence-corrected chi connectivity index (χ1v) is 9.84. The fourth-order valence-corrected chi connectivity index (χ4v) is 4.65. The van der Waals surface area contributed by atoms with Crippen LogP contribution in [-0.2, 0) is 4.79 Å². The lowest BCUT2D eigenvalue weighted by atomic mass is 9.72. The predicted octanol–water partition coefficient (Wildman–Crippen LogP) is 4.95. The minimum absolute atomic E-state index is 0.152. The maximum Gasteiger partial charge on any atom is 0.233 e. The van der Waals surface area contributed by atoms with Gasteiger partial charge >= 0.3 is 0 Å². The van der Waals surface area contributed by atoms with E-state index in [9.17, 15) is 4.79 Å². The van der Waals surface area contributed by atoms with E-state index >= 15 is 0 Å². The Labute approximate surface area is 169 Å². The van der Waals surface area contributed by atoms with Crippen LogP contribution in [0.3, 0.4) is 0 Å². The standard InChI is InChI=1S/C24H22N2O3/c1-14-21-22(17-10-6-7-11-20(17)28-2)23-18(25-24(21)29-26-14)12-16(13-19(23)27)15-8-4-3-5-9-15/h3-11,16,22,25H,12-13H2,1-2H3/t16-,22-/m0/s1. The van der Waals surface area contributed by atoms with Crippen LogP contribution in [0.4, 0.5) is 5.88 Å². The van der Waals surface area contributed by atoms with Crippen LogP contribution in [0.15, 0.2) is 70.4 Å². The van der Waals surface area contributed by atoms with Crippen LogP contribution in [0.1, 0.15) is 47.1 Å². The third kappa shape index (κ3) is 2.85. The van der Waals surface area contributed by atoms with Crippen molar-refractivity contribution in [2.24, 2.45) is 0 Å². The molecule has 2 heterocycles. The summed E-state index contributed by atoms with van der Waals surface area (Å²) in [7, 11) is 1.66. The number of allylic oxidation sites excluding steroid dienone is 2. The molecule has 2 aromatic carbocycles. The lowest BCUT2D eigenvalue weighted by Gasteiger charge is -2.34. The van der Waals surface area contributed by atoms with Gasteiger partial charge in [-0.2, -0.15) is 0 Å². The molecule has 0 amide bonds. The highest BCUT2D eigenvalue weighted by molar-refractivity contribution is 6.01. The van der Waals surface area contributed by atoms with E-state index in [-0.39, 0.29) is 17.6 Å². The van der Waals surface area contributed by atoms with Crippen molar-refractivity contribution in [3.63, 3.8) is 0 Å². The Morgan fingerprint density at radius 1 is 1.07 bits per heavy atom. The number of benzene rings is 2. The molecule has 1 aliphatic carbocycles. The number of para-hydroxylation sites is 1. The third-order valence-electron chi connectivity index (χ3n) is 5.98. The van der Waals surface area contributed by atoms with Gasteiger partial charge in [-0.3, -0.25) is 4.79 Å². The fraction of sp³-hybridized carbons (Fsp3) is 0.250. The van der Waals surface area contributed by atoms with E-state index in [2.05, 4.69) is 22.6 Å². The van der Waals surface area contributed by atoms with Crippen molar-refractivity contribution in [2.45, 2.75) is 31.6 Å². The molecule has 0 bridgehead atoms. The van der Waals surface area contributed by atoms with Crippen LogP contribution in [0, 0.1) is 6.92 Å². The number of hydrogen-bond acceptors (Lipinski definition) is 5. The lowest BCUT2D eigenvalue weighted by molar-refractivity contribution is -0.116. The molecule has 0 radical (unpaired) electrons. The van der Waals surface area contributed by atoms with Crippen molar-refractivity contribution in [2.75, 3.05) is 12.4 Å². The number of rotatable bonds is 3. The SMILES string of the molecule is COc1ccccc1[C@@H]1C2=C(C[C@H](c3ccccc3)CC2=O)Nc2onc(C)c21. The van der Waals surface area contributed by atoms with Crippen molar-refractivity contribution in [1.82, 2.24) is 5.16 Å². The van der Waals surface area contributed by atoms with Gasteiger partial charge < -0.3 is 14.6 Å². The number of ether oxygens (including phenoxy) is 1. The highest BCUT2D eigenvalue weighted by Gasteiger charge is 2.41. The van der Waals surface area contributed by atoms with Gasteiger partial charge in [0.1, 0.15) is 5.75 Å². The Kier molecular flexibility index (Phi) is 4.23. The van der Waals surface area contributed by atoms with E-state index in [4.69, 9.17) is 9.26 Å². The monoisotopic (exact) mass is 386 g/mol. The van der Waals surface area contributed by atoms with Gasteiger partial charge in [-0.05, 0) is 30.9 Å². The average Bonchev–Trinajstić information content (AvgIpc) is 3.13. The number of nitrogens with one attached hydrogen (secondary N) is 1. The number of ketones is 1. The fourth-order valence-electron chi connectivity index (χ4n) is 4.65. The number of hydrogen-bond donors (Lipinski definition) is 1. The maximum absolute atomic E-state index is 13.4. The second-order valence-electron chi connectivity index (χ2n) is 7.64. The van der Waals surface area contributed by atoms with E-state index in [0.29, 0.717) is 12.3 Å². The van der Waals surface area contributed by atoms with Gasteiger partial charge in [0.25, 0.3) is 0 Å². The van der Waals surface area contributed by atoms with E-state index in [1.807, 2.05) is 49.4 Å². The molecule has 2 aliphatic rings. The zero-order valence-electron chi connectivity index (χ0n) is 16.4. The van der Waals surface area contributed by atoms with Crippen molar-refractivity contribution < 1.29 is 14.1 Å². The summed E-state index contributed by atoms with van der Waals surface area (Å²) in [6.07, 6.45) is 1.26. The molecule has 2 atom stereocenters. The van der Waals surface area contributed by atoms with E-state index in [1.54, 1.807) is 7.11 Å². The zero-order valence-corrected chi connectivity index (χ0v) is 16.4. The number of aryl methyl sites for hydroxylation is 1. The number of fused-ring (bicyclic) bond motifs is 1. The summed E-state index contributed by atoms with van der Waals surface area (Å²) in [4.78, 5) is 13.4. The van der Waals surface area contributed by atoms with Gasteiger partial charge in [0, 0.05) is 23.3 Å². The summed E-state index contributed by atoms with van der Waals surface area (Å²) in [5.74, 6) is 1.45. The molecule has 3 aromatic rings. The number of aromatic nitrogens is 1. The first kappa shape index (κ1) is 17.7. The van der Waals surface area contributed by atoms with Crippen molar-refractivity contribution >= 4 is 11.7 Å². The summed E-state index contributed by atoms with van der Waals surface area (Å²) >= 11 is 0. The number of methoxy groups -OCH3 is 1. The number of nitrogens with zero attached hydrogens (tertiary/aromatic N) is 1. The molecule has 1 aromatic heterocycles. The highest BCUT2D eigenvalue weighted by atomic mass is 16.5.